The number of hydrazone groups is 1. The van der Waals surface area contributed by atoms with Gasteiger partial charge in [-0.3, -0.25) is 4.79 Å². The predicted molar refractivity (Wildman–Crippen MR) is 123 cm³/mol. The zero-order valence-corrected chi connectivity index (χ0v) is 18.8. The number of ether oxygens (including phenoxy) is 2. The van der Waals surface area contributed by atoms with Gasteiger partial charge in [0.2, 0.25) is 5.91 Å². The molecule has 2 aliphatic rings. The molecule has 172 valence electrons. The van der Waals surface area contributed by atoms with Gasteiger partial charge in [-0.1, -0.05) is 24.3 Å². The summed E-state index contributed by atoms with van der Waals surface area (Å²) in [7, 11) is 3.25. The molecule has 0 aromatic heterocycles. The molecule has 0 bridgehead atoms. The first-order valence-electron chi connectivity index (χ1n) is 11.1. The van der Waals surface area contributed by atoms with Gasteiger partial charge in [0.25, 0.3) is 0 Å². The second-order valence-electron chi connectivity index (χ2n) is 8.26. The minimum atomic E-state index is -1.24. The third-order valence-corrected chi connectivity index (χ3v) is 6.21. The molecule has 0 radical (unpaired) electrons. The molecule has 2 atom stereocenters. The highest BCUT2D eigenvalue weighted by Gasteiger charge is 2.43. The summed E-state index contributed by atoms with van der Waals surface area (Å²) in [4.78, 5) is 23.9. The van der Waals surface area contributed by atoms with Crippen LogP contribution in [-0.2, 0) is 9.59 Å². The number of amides is 1. The van der Waals surface area contributed by atoms with E-state index in [9.17, 15) is 14.7 Å². The molecule has 7 heteroatoms. The molecule has 1 amide bonds. The fraction of sp³-hybridized carbons (Fsp3) is 0.346. The molecular formula is C26H27N2O5-. The molecule has 7 nitrogen and oxygen atoms in total. The number of fused-ring (bicyclic) bond motifs is 1. The van der Waals surface area contributed by atoms with Gasteiger partial charge in [-0.2, -0.15) is 5.10 Å². The highest BCUT2D eigenvalue weighted by Crippen LogP contribution is 2.45. The highest BCUT2D eigenvalue weighted by molar-refractivity contribution is 6.08. The number of hydrogen-bond donors (Lipinski definition) is 0. The molecule has 0 spiro atoms. The lowest BCUT2D eigenvalue weighted by Crippen LogP contribution is -2.33. The van der Waals surface area contributed by atoms with Gasteiger partial charge < -0.3 is 19.4 Å². The molecule has 1 saturated carbocycles. The van der Waals surface area contributed by atoms with Gasteiger partial charge in [-0.05, 0) is 72.7 Å². The summed E-state index contributed by atoms with van der Waals surface area (Å²) in [5.74, 6) is 0.0144. The van der Waals surface area contributed by atoms with E-state index in [1.54, 1.807) is 14.2 Å². The number of aliphatic carboxylic acids is 1. The van der Waals surface area contributed by atoms with Gasteiger partial charge in [0.15, 0.2) is 0 Å². The first kappa shape index (κ1) is 22.6. The van der Waals surface area contributed by atoms with E-state index in [-0.39, 0.29) is 30.7 Å². The van der Waals surface area contributed by atoms with E-state index < -0.39 is 5.97 Å². The number of methoxy groups -OCH3 is 2. The summed E-state index contributed by atoms with van der Waals surface area (Å²) in [6.45, 7) is 0. The molecule has 33 heavy (non-hydrogen) atoms. The van der Waals surface area contributed by atoms with Crippen LogP contribution in [0.5, 0.6) is 11.5 Å². The van der Waals surface area contributed by atoms with Crippen LogP contribution in [0.1, 0.15) is 49.3 Å². The van der Waals surface area contributed by atoms with Gasteiger partial charge in [0.1, 0.15) is 11.5 Å². The van der Waals surface area contributed by atoms with Crippen LogP contribution >= 0.6 is 0 Å². The smallest absolute Gasteiger partial charge is 0.243 e. The average Bonchev–Trinajstić information content (AvgIpc) is 3.24. The van der Waals surface area contributed by atoms with Gasteiger partial charge in [-0.15, -0.1) is 0 Å². The minimum Gasteiger partial charge on any atom is -0.550 e. The van der Waals surface area contributed by atoms with E-state index in [4.69, 9.17) is 14.6 Å². The number of benzene rings is 2. The Kier molecular flexibility index (Phi) is 6.77. The topological polar surface area (TPSA) is 91.3 Å². The second-order valence-corrected chi connectivity index (χ2v) is 8.26. The van der Waals surface area contributed by atoms with Crippen molar-refractivity contribution in [3.63, 3.8) is 0 Å². The molecule has 2 aromatic carbocycles. The maximum Gasteiger partial charge on any atom is 0.243 e. The number of hydrogen-bond acceptors (Lipinski definition) is 6. The summed E-state index contributed by atoms with van der Waals surface area (Å²) >= 11 is 0. The zero-order valence-electron chi connectivity index (χ0n) is 18.8. The van der Waals surface area contributed by atoms with Crippen LogP contribution in [0, 0.1) is 5.92 Å². The summed E-state index contributed by atoms with van der Waals surface area (Å²) in [6, 6.07) is 15.2. The molecule has 4 rings (SSSR count). The molecule has 2 aromatic rings. The summed E-state index contributed by atoms with van der Waals surface area (Å²) < 4.78 is 10.5. The molecule has 1 fully saturated rings. The lowest BCUT2D eigenvalue weighted by Gasteiger charge is -2.29. The van der Waals surface area contributed by atoms with Crippen molar-refractivity contribution >= 4 is 23.7 Å². The van der Waals surface area contributed by atoms with Crippen LogP contribution in [0.4, 0.5) is 0 Å². The number of nitrogens with zero attached hydrogens (tertiary/aromatic N) is 2. The van der Waals surface area contributed by atoms with Crippen LogP contribution < -0.4 is 14.6 Å². The van der Waals surface area contributed by atoms with E-state index in [2.05, 4.69) is 6.08 Å². The summed E-state index contributed by atoms with van der Waals surface area (Å²) in [6.07, 6.45) is 4.41. The maximum absolute atomic E-state index is 13.0. The minimum absolute atomic E-state index is 0.0450. The first-order valence-corrected chi connectivity index (χ1v) is 11.1. The molecule has 1 aliphatic heterocycles. The van der Waals surface area contributed by atoms with E-state index in [0.717, 1.165) is 53.2 Å². The van der Waals surface area contributed by atoms with Crippen LogP contribution in [0.3, 0.4) is 0 Å². The molecule has 0 N–H and O–H groups in total. The van der Waals surface area contributed by atoms with Crippen molar-refractivity contribution in [2.24, 2.45) is 11.0 Å². The van der Waals surface area contributed by atoms with Gasteiger partial charge >= 0.3 is 0 Å². The third kappa shape index (κ3) is 4.92. The van der Waals surface area contributed by atoms with E-state index >= 15 is 0 Å². The van der Waals surface area contributed by atoms with Crippen LogP contribution in [-0.4, -0.2) is 36.8 Å². The van der Waals surface area contributed by atoms with Gasteiger partial charge in [-0.25, -0.2) is 5.01 Å². The fourth-order valence-electron chi connectivity index (χ4n) is 4.57. The van der Waals surface area contributed by atoms with Crippen molar-refractivity contribution in [1.29, 1.82) is 0 Å². The van der Waals surface area contributed by atoms with Crippen molar-refractivity contribution in [1.82, 2.24) is 5.01 Å². The zero-order chi connectivity index (χ0) is 23.4. The normalized spacial score (nSPS) is 20.8. The van der Waals surface area contributed by atoms with E-state index in [0.29, 0.717) is 0 Å². The second kappa shape index (κ2) is 9.90. The van der Waals surface area contributed by atoms with Crippen LogP contribution in [0.15, 0.2) is 59.2 Å². The number of rotatable bonds is 7. The molecule has 0 saturated heterocycles. The number of carboxylic acid groups (broad SMARTS) is 1. The predicted octanol–water partition coefficient (Wildman–Crippen LogP) is 3.36. The van der Waals surface area contributed by atoms with Crippen molar-refractivity contribution in [2.45, 2.75) is 38.1 Å². The molecule has 0 unspecified atom stereocenters. The molecule has 1 heterocycles. The quantitative estimate of drug-likeness (QED) is 0.649. The first-order chi connectivity index (χ1) is 16.0. The van der Waals surface area contributed by atoms with Gasteiger partial charge in [0.05, 0.1) is 26.0 Å². The Morgan fingerprint density at radius 3 is 2.27 bits per heavy atom. The van der Waals surface area contributed by atoms with Crippen molar-refractivity contribution in [2.75, 3.05) is 14.2 Å². The molecular weight excluding hydrogens is 420 g/mol. The Morgan fingerprint density at radius 1 is 1.03 bits per heavy atom. The van der Waals surface area contributed by atoms with Gasteiger partial charge in [0, 0.05) is 18.3 Å². The monoisotopic (exact) mass is 447 g/mol. The summed E-state index contributed by atoms with van der Waals surface area (Å²) in [5, 5.41) is 17.2. The average molecular weight is 448 g/mol. The Labute approximate surface area is 193 Å². The van der Waals surface area contributed by atoms with E-state index in [1.807, 2.05) is 48.5 Å². The standard InChI is InChI=1S/C26H28N2O5/c1-32-20-10-6-17(7-11-20)16-19-4-3-5-22-25(19)27-28(23(29)14-15-24(30)31)26(22)18-8-12-21(33-2)13-9-18/h6-13,16,22,26H,3-5,14-15H2,1-2H3,(H,30,31)/p-1/b19-16+/t22-,26+/m1/s1. The lowest BCUT2D eigenvalue weighted by atomic mass is 9.77. The Bertz CT molecular complexity index is 1070. The SMILES string of the molecule is COc1ccc(/C=C2\CCC[C@@H]3C2=NN(C(=O)CCC(=O)[O-])[C@H]3c2ccc(OC)cc2)cc1. The maximum atomic E-state index is 13.0. The number of allylic oxidation sites excluding steroid dienone is 1. The Morgan fingerprint density at radius 2 is 1.67 bits per heavy atom. The summed E-state index contributed by atoms with van der Waals surface area (Å²) in [5.41, 5.74) is 3.99. The Balaban J connectivity index is 1.69. The van der Waals surface area contributed by atoms with Crippen molar-refractivity contribution in [3.8, 4) is 11.5 Å². The Hall–Kier alpha value is -3.61. The largest absolute Gasteiger partial charge is 0.550 e. The van der Waals surface area contributed by atoms with Crippen molar-refractivity contribution < 1.29 is 24.2 Å². The third-order valence-electron chi connectivity index (χ3n) is 6.21. The molecule has 1 aliphatic carbocycles. The number of carboxylic acids is 1. The van der Waals surface area contributed by atoms with Crippen LogP contribution in [0.25, 0.3) is 6.08 Å². The van der Waals surface area contributed by atoms with Crippen LogP contribution in [0.2, 0.25) is 0 Å². The van der Waals surface area contributed by atoms with Crippen molar-refractivity contribution in [3.05, 3.63) is 65.2 Å². The lowest BCUT2D eigenvalue weighted by molar-refractivity contribution is -0.305. The highest BCUT2D eigenvalue weighted by atomic mass is 16.5. The van der Waals surface area contributed by atoms with E-state index in [1.165, 1.54) is 5.01 Å². The fourth-order valence-corrected chi connectivity index (χ4v) is 4.57. The number of carbonyl (C=O) groups excluding carboxylic acids is 2. The number of carbonyl (C=O) groups is 2.